The van der Waals surface area contributed by atoms with Crippen molar-refractivity contribution >= 4 is 60.6 Å². The smallest absolute Gasteiger partial charge is 0.264 e. The summed E-state index contributed by atoms with van der Waals surface area (Å²) >= 11 is 7.67. The van der Waals surface area contributed by atoms with Crippen LogP contribution in [0.1, 0.15) is 12.8 Å². The highest BCUT2D eigenvalue weighted by molar-refractivity contribution is 7.92. The van der Waals surface area contributed by atoms with Crippen LogP contribution in [0.3, 0.4) is 0 Å². The molecule has 1 aliphatic heterocycles. The number of piperidine rings is 1. The van der Waals surface area contributed by atoms with Crippen molar-refractivity contribution in [1.82, 2.24) is 30.1 Å². The molecule has 0 unspecified atom stereocenters. The van der Waals surface area contributed by atoms with E-state index in [2.05, 4.69) is 40.1 Å². The summed E-state index contributed by atoms with van der Waals surface area (Å²) in [6.07, 6.45) is 4.63. The number of hydrogen-bond donors (Lipinski definition) is 2. The van der Waals surface area contributed by atoms with Gasteiger partial charge in [-0.1, -0.05) is 22.9 Å². The maximum Gasteiger partial charge on any atom is 0.264 e. The van der Waals surface area contributed by atoms with Gasteiger partial charge < -0.3 is 10.2 Å². The van der Waals surface area contributed by atoms with Crippen LogP contribution in [0.5, 0.6) is 0 Å². The number of fused-ring (bicyclic) bond motifs is 1. The normalized spacial score (nSPS) is 14.4. The zero-order valence-electron chi connectivity index (χ0n) is 21.0. The fraction of sp³-hybridized carbons (Fsp3) is 0.200. The molecule has 1 fully saturated rings. The molecule has 16 heteroatoms. The van der Waals surface area contributed by atoms with Gasteiger partial charge in [0.2, 0.25) is 5.13 Å². The Labute approximate surface area is 241 Å². The van der Waals surface area contributed by atoms with Gasteiger partial charge in [-0.05, 0) is 43.2 Å². The number of nitrogens with zero attached hydrogens (tertiary/aromatic N) is 7. The predicted octanol–water partition coefficient (Wildman–Crippen LogP) is 4.75. The van der Waals surface area contributed by atoms with Crippen LogP contribution in [0.25, 0.3) is 22.3 Å². The quantitative estimate of drug-likeness (QED) is 0.247. The number of nitrogens with one attached hydrogen (secondary N) is 2. The number of hydrogen-bond acceptors (Lipinski definition) is 11. The highest BCUT2D eigenvalue weighted by Gasteiger charge is 2.24. The van der Waals surface area contributed by atoms with Crippen molar-refractivity contribution in [2.45, 2.75) is 23.8 Å². The summed E-state index contributed by atoms with van der Waals surface area (Å²) in [6, 6.07) is 7.24. The molecule has 0 atom stereocenters. The topological polar surface area (TPSA) is 139 Å². The third-order valence-electron chi connectivity index (χ3n) is 6.50. The van der Waals surface area contributed by atoms with E-state index in [0.717, 1.165) is 43.2 Å². The second-order valence-corrected chi connectivity index (χ2v) is 12.0. The van der Waals surface area contributed by atoms with E-state index in [0.29, 0.717) is 34.2 Å². The van der Waals surface area contributed by atoms with Gasteiger partial charge >= 0.3 is 0 Å². The third kappa shape index (κ3) is 5.73. The molecule has 0 spiro atoms. The molecular formula is C25H20ClF2N9O2S2. The van der Waals surface area contributed by atoms with E-state index in [9.17, 15) is 17.2 Å². The Bertz CT molecular complexity index is 1840. The SMILES string of the molecule is O=S(=O)(Nc1cc(-c2ccc3ncnc(NC4CCN(c5nncs5)CC4)c3n2)cnc1Cl)c1ccc(F)cc1F. The summed E-state index contributed by atoms with van der Waals surface area (Å²) in [5, 5.41) is 12.3. The van der Waals surface area contributed by atoms with Crippen molar-refractivity contribution in [2.24, 2.45) is 0 Å². The molecule has 2 N–H and O–H groups in total. The Morgan fingerprint density at radius 1 is 1.05 bits per heavy atom. The summed E-state index contributed by atoms with van der Waals surface area (Å²) in [7, 11) is -4.44. The minimum absolute atomic E-state index is 0.0976. The van der Waals surface area contributed by atoms with Gasteiger partial charge in [-0.25, -0.2) is 37.1 Å². The predicted molar refractivity (Wildman–Crippen MR) is 152 cm³/mol. The molecule has 1 aromatic carbocycles. The van der Waals surface area contributed by atoms with E-state index in [1.54, 1.807) is 17.6 Å². The lowest BCUT2D eigenvalue weighted by molar-refractivity contribution is 0.524. The lowest BCUT2D eigenvalue weighted by Crippen LogP contribution is -2.39. The van der Waals surface area contributed by atoms with Gasteiger partial charge in [-0.15, -0.1) is 10.2 Å². The van der Waals surface area contributed by atoms with Gasteiger partial charge in [0, 0.05) is 37.0 Å². The molecule has 0 bridgehead atoms. The number of anilines is 3. The van der Waals surface area contributed by atoms with Gasteiger partial charge in [-0.2, -0.15) is 0 Å². The highest BCUT2D eigenvalue weighted by atomic mass is 35.5. The molecule has 41 heavy (non-hydrogen) atoms. The Hall–Kier alpha value is -4.08. The van der Waals surface area contributed by atoms with Crippen LogP contribution in [-0.4, -0.2) is 57.7 Å². The van der Waals surface area contributed by atoms with Crippen molar-refractivity contribution in [2.75, 3.05) is 28.0 Å². The van der Waals surface area contributed by atoms with E-state index >= 15 is 0 Å². The molecular weight excluding hydrogens is 596 g/mol. The van der Waals surface area contributed by atoms with Crippen molar-refractivity contribution in [3.8, 4) is 11.3 Å². The summed E-state index contributed by atoms with van der Waals surface area (Å²) in [5.41, 5.74) is 3.66. The Morgan fingerprint density at radius 2 is 1.88 bits per heavy atom. The van der Waals surface area contributed by atoms with Gasteiger partial charge in [-0.3, -0.25) is 4.72 Å². The maximum atomic E-state index is 14.2. The van der Waals surface area contributed by atoms with Crippen LogP contribution in [0.2, 0.25) is 5.15 Å². The molecule has 1 saturated heterocycles. The molecule has 0 aliphatic carbocycles. The van der Waals surface area contributed by atoms with Crippen LogP contribution in [-0.2, 0) is 10.0 Å². The first-order valence-corrected chi connectivity index (χ1v) is 15.0. The number of halogens is 3. The fourth-order valence-electron chi connectivity index (χ4n) is 4.47. The Balaban J connectivity index is 1.25. The highest BCUT2D eigenvalue weighted by Crippen LogP contribution is 2.31. The van der Waals surface area contributed by atoms with E-state index < -0.39 is 26.6 Å². The zero-order chi connectivity index (χ0) is 28.6. The number of aromatic nitrogens is 6. The zero-order valence-corrected chi connectivity index (χ0v) is 23.4. The molecule has 5 aromatic rings. The maximum absolute atomic E-state index is 14.2. The minimum atomic E-state index is -4.44. The van der Waals surface area contributed by atoms with Crippen molar-refractivity contribution in [1.29, 1.82) is 0 Å². The van der Waals surface area contributed by atoms with E-state index in [4.69, 9.17) is 16.6 Å². The minimum Gasteiger partial charge on any atom is -0.365 e. The number of pyridine rings is 2. The third-order valence-corrected chi connectivity index (χ3v) is 8.95. The lowest BCUT2D eigenvalue weighted by Gasteiger charge is -2.32. The van der Waals surface area contributed by atoms with Gasteiger partial charge in [0.15, 0.2) is 11.0 Å². The molecule has 0 amide bonds. The van der Waals surface area contributed by atoms with Gasteiger partial charge in [0.25, 0.3) is 10.0 Å². The monoisotopic (exact) mass is 615 g/mol. The Morgan fingerprint density at radius 3 is 2.63 bits per heavy atom. The van der Waals surface area contributed by atoms with Crippen LogP contribution in [0.4, 0.5) is 25.4 Å². The molecule has 1 aliphatic rings. The molecule has 6 rings (SSSR count). The molecule has 5 heterocycles. The molecule has 0 saturated carbocycles. The first-order valence-electron chi connectivity index (χ1n) is 12.3. The molecule has 0 radical (unpaired) electrons. The summed E-state index contributed by atoms with van der Waals surface area (Å²) < 4.78 is 55.4. The first kappa shape index (κ1) is 27.1. The second-order valence-electron chi connectivity index (χ2n) is 9.16. The number of rotatable bonds is 7. The van der Waals surface area contributed by atoms with E-state index in [1.807, 2.05) is 0 Å². The van der Waals surface area contributed by atoms with E-state index in [-0.39, 0.29) is 16.9 Å². The largest absolute Gasteiger partial charge is 0.365 e. The van der Waals surface area contributed by atoms with Crippen molar-refractivity contribution in [3.63, 3.8) is 0 Å². The summed E-state index contributed by atoms with van der Waals surface area (Å²) in [4.78, 5) is 19.0. The summed E-state index contributed by atoms with van der Waals surface area (Å²) in [5.74, 6) is -1.57. The average molecular weight is 616 g/mol. The van der Waals surface area contributed by atoms with Crippen LogP contribution < -0.4 is 14.9 Å². The van der Waals surface area contributed by atoms with Crippen LogP contribution in [0, 0.1) is 11.6 Å². The lowest BCUT2D eigenvalue weighted by atomic mass is 10.1. The van der Waals surface area contributed by atoms with E-state index in [1.165, 1.54) is 29.9 Å². The fourth-order valence-corrected chi connectivity index (χ4v) is 6.41. The molecule has 11 nitrogen and oxygen atoms in total. The average Bonchev–Trinajstić information content (AvgIpc) is 3.50. The van der Waals surface area contributed by atoms with Gasteiger partial charge in [0.05, 0.1) is 16.9 Å². The van der Waals surface area contributed by atoms with Gasteiger partial charge in [0.1, 0.15) is 33.9 Å². The second kappa shape index (κ2) is 11.1. The number of benzene rings is 1. The van der Waals surface area contributed by atoms with Crippen molar-refractivity contribution < 1.29 is 17.2 Å². The first-order chi connectivity index (χ1) is 19.8. The number of sulfonamides is 1. The standard InChI is InChI=1S/C25H20ClF2N9O2S2/c26-23-20(36-41(38,39)21-4-1-15(27)10-17(21)28)9-14(11-29-23)18-2-3-19-22(34-18)24(31-12-30-19)33-16-5-7-37(8-6-16)25-35-32-13-40-25/h1-4,9-13,16,36H,5-8H2,(H,30,31,33). The molecule has 210 valence electrons. The summed E-state index contributed by atoms with van der Waals surface area (Å²) in [6.45, 7) is 1.65. The van der Waals surface area contributed by atoms with Crippen molar-refractivity contribution in [3.05, 3.63) is 71.2 Å². The molecule has 4 aromatic heterocycles. The van der Waals surface area contributed by atoms with Crippen LogP contribution in [0.15, 0.2) is 59.3 Å². The Kier molecular flexibility index (Phi) is 7.32. The van der Waals surface area contributed by atoms with Crippen LogP contribution >= 0.6 is 22.9 Å².